The van der Waals surface area contributed by atoms with Crippen LogP contribution in [0, 0.1) is 0 Å². The van der Waals surface area contributed by atoms with Crippen molar-refractivity contribution in [2.24, 2.45) is 7.05 Å². The molecule has 28 heavy (non-hydrogen) atoms. The first kappa shape index (κ1) is 13.6. The fourth-order valence-electron chi connectivity index (χ4n) is 4.93. The van der Waals surface area contributed by atoms with E-state index in [0.717, 1.165) is 58.8 Å². The summed E-state index contributed by atoms with van der Waals surface area (Å²) in [6.45, 7) is -2.45. The smallest absolute Gasteiger partial charge is 0.404 e. The van der Waals surface area contributed by atoms with Gasteiger partial charge in [-0.3, -0.25) is 0 Å². The highest BCUT2D eigenvalue weighted by molar-refractivity contribution is 6.83. The lowest BCUT2D eigenvalue weighted by Crippen LogP contribution is -2.66. The third kappa shape index (κ3) is 2.68. The van der Waals surface area contributed by atoms with Gasteiger partial charge in [0.05, 0.1) is 0 Å². The molecule has 3 heteroatoms. The number of allylic oxidation sites excluding steroid dienone is 1. The molecule has 1 aliphatic heterocycles. The van der Waals surface area contributed by atoms with Gasteiger partial charge < -0.3 is 4.81 Å². The van der Waals surface area contributed by atoms with Crippen LogP contribution >= 0.6 is 0 Å². The van der Waals surface area contributed by atoms with Crippen LogP contribution in [0.2, 0.25) is 0 Å². The summed E-state index contributed by atoms with van der Waals surface area (Å²) in [7, 11) is 3.93. The zero-order valence-corrected chi connectivity index (χ0v) is 16.6. The zero-order valence-electron chi connectivity index (χ0n) is 20.6. The maximum Gasteiger partial charge on any atom is 0.404 e. The number of aryl methyl sites for hydroxylation is 1. The Morgan fingerprint density at radius 1 is 1.11 bits per heavy atom. The first-order valence-electron chi connectivity index (χ1n) is 12.2. The molecule has 0 spiro atoms. The van der Waals surface area contributed by atoms with Gasteiger partial charge in [0.1, 0.15) is 7.05 Å². The Balaban J connectivity index is 1.79. The molecule has 0 bridgehead atoms. The number of rotatable bonds is 2. The summed E-state index contributed by atoms with van der Waals surface area (Å²) in [6.07, 6.45) is 5.67. The number of hydrogen-bond acceptors (Lipinski definition) is 1. The van der Waals surface area contributed by atoms with Crippen LogP contribution in [-0.4, -0.2) is 18.7 Å². The average molecular weight is 371 g/mol. The van der Waals surface area contributed by atoms with Gasteiger partial charge in [-0.05, 0) is 67.1 Å². The molecular weight excluding hydrogens is 339 g/mol. The maximum absolute atomic E-state index is 9.29. The number of hydrogen-bond donors (Lipinski definition) is 0. The SMILES string of the molecule is [2H]C([2H])([2H])C1=Cc2ccccc2B(c2cc(C3([2H])CCCC3)c3ccccc3[n+]2C)N1C. The molecule has 1 aliphatic carbocycles. The van der Waals surface area contributed by atoms with E-state index in [4.69, 9.17) is 4.11 Å². The lowest BCUT2D eigenvalue weighted by molar-refractivity contribution is -0.627. The molecule has 2 aromatic carbocycles. The Kier molecular flexibility index (Phi) is 3.31. The fraction of sp³-hybridized carbons (Fsp3) is 0.320. The summed E-state index contributed by atoms with van der Waals surface area (Å²) in [6, 6.07) is 18.5. The molecule has 1 saturated carbocycles. The third-order valence-corrected chi connectivity index (χ3v) is 6.45. The number of benzene rings is 2. The summed E-state index contributed by atoms with van der Waals surface area (Å²) >= 11 is 0. The van der Waals surface area contributed by atoms with Crippen molar-refractivity contribution in [3.8, 4) is 0 Å². The molecule has 140 valence electrons. The Bertz CT molecular complexity index is 1230. The molecular formula is C25H28BN2+. The topological polar surface area (TPSA) is 7.12 Å². The van der Waals surface area contributed by atoms with Crippen molar-refractivity contribution in [3.63, 3.8) is 0 Å². The van der Waals surface area contributed by atoms with Gasteiger partial charge in [0.2, 0.25) is 5.52 Å². The molecule has 0 unspecified atom stereocenters. The molecule has 0 N–H and O–H groups in total. The second kappa shape index (κ2) is 6.81. The summed E-state index contributed by atoms with van der Waals surface area (Å²) in [5.41, 5.74) is 5.53. The van der Waals surface area contributed by atoms with Gasteiger partial charge in [-0.2, -0.15) is 0 Å². The molecule has 1 aromatic heterocycles. The van der Waals surface area contributed by atoms with Gasteiger partial charge in [-0.25, -0.2) is 4.57 Å². The van der Waals surface area contributed by atoms with E-state index in [2.05, 4.69) is 35.9 Å². The first-order chi connectivity index (χ1) is 15.2. The third-order valence-electron chi connectivity index (χ3n) is 6.45. The van der Waals surface area contributed by atoms with Crippen molar-refractivity contribution < 1.29 is 10.1 Å². The molecule has 0 radical (unpaired) electrons. The van der Waals surface area contributed by atoms with E-state index in [1.54, 1.807) is 6.08 Å². The van der Waals surface area contributed by atoms with Crippen molar-refractivity contribution >= 4 is 34.9 Å². The van der Waals surface area contributed by atoms with E-state index >= 15 is 0 Å². The molecule has 3 aromatic rings. The minimum atomic E-state index is -2.21. The molecule has 5 rings (SSSR count). The predicted molar refractivity (Wildman–Crippen MR) is 119 cm³/mol. The second-order valence-electron chi connectivity index (χ2n) is 8.04. The highest BCUT2D eigenvalue weighted by atomic mass is 15.1. The second-order valence-corrected chi connectivity index (χ2v) is 8.04. The molecule has 0 amide bonds. The van der Waals surface area contributed by atoms with Crippen molar-refractivity contribution in [2.45, 2.75) is 38.4 Å². The van der Waals surface area contributed by atoms with Crippen LogP contribution in [-0.2, 0) is 7.05 Å². The van der Waals surface area contributed by atoms with Crippen LogP contribution in [0.5, 0.6) is 0 Å². The molecule has 0 saturated heterocycles. The number of nitrogens with zero attached hydrogens (tertiary/aromatic N) is 2. The van der Waals surface area contributed by atoms with Gasteiger partial charge in [0, 0.05) is 23.0 Å². The summed E-state index contributed by atoms with van der Waals surface area (Å²) in [4.78, 5) is 1.90. The van der Waals surface area contributed by atoms with E-state index in [1.807, 2.05) is 42.2 Å². The summed E-state index contributed by atoms with van der Waals surface area (Å²) in [5, 5.41) is 1.12. The number of aromatic nitrogens is 1. The highest BCUT2D eigenvalue weighted by Gasteiger charge is 2.38. The Hall–Kier alpha value is -2.55. The van der Waals surface area contributed by atoms with Crippen LogP contribution in [0.15, 0.2) is 60.3 Å². The van der Waals surface area contributed by atoms with Crippen LogP contribution in [0.4, 0.5) is 0 Å². The van der Waals surface area contributed by atoms with E-state index in [-0.39, 0.29) is 6.85 Å². The number of pyridine rings is 1. The van der Waals surface area contributed by atoms with Gasteiger partial charge in [0.15, 0.2) is 5.59 Å². The van der Waals surface area contributed by atoms with Crippen LogP contribution in [0.1, 0.15) is 55.0 Å². The monoisotopic (exact) mass is 371 g/mol. The lowest BCUT2D eigenvalue weighted by Gasteiger charge is -2.32. The van der Waals surface area contributed by atoms with Gasteiger partial charge >= 0.3 is 6.85 Å². The minimum absolute atomic E-state index is 0.245. The number of fused-ring (bicyclic) bond motifs is 2. The van der Waals surface area contributed by atoms with Crippen LogP contribution in [0.3, 0.4) is 0 Å². The number of para-hydroxylation sites is 1. The maximum atomic E-state index is 9.29. The molecule has 1 fully saturated rings. The highest BCUT2D eigenvalue weighted by Crippen LogP contribution is 2.36. The minimum Gasteiger partial charge on any atom is -0.408 e. The van der Waals surface area contributed by atoms with Crippen molar-refractivity contribution in [1.82, 2.24) is 4.81 Å². The quantitative estimate of drug-likeness (QED) is 0.492. The van der Waals surface area contributed by atoms with E-state index in [0.29, 0.717) is 5.70 Å². The average Bonchev–Trinajstić information content (AvgIpc) is 3.21. The summed E-state index contributed by atoms with van der Waals surface area (Å²) < 4.78 is 35.9. The van der Waals surface area contributed by atoms with E-state index in [1.165, 1.54) is 0 Å². The molecule has 2 heterocycles. The first-order valence-corrected chi connectivity index (χ1v) is 10.2. The van der Waals surface area contributed by atoms with Crippen molar-refractivity contribution in [1.29, 1.82) is 0 Å². The Morgan fingerprint density at radius 2 is 1.86 bits per heavy atom. The van der Waals surface area contributed by atoms with E-state index in [9.17, 15) is 1.37 Å². The normalized spacial score (nSPS) is 20.9. The van der Waals surface area contributed by atoms with Crippen molar-refractivity contribution in [2.75, 3.05) is 7.05 Å². The zero-order chi connectivity index (χ0) is 22.7. The molecule has 0 atom stereocenters. The summed E-state index contributed by atoms with van der Waals surface area (Å²) in [5.74, 6) is -0.599. The molecule has 2 aliphatic rings. The van der Waals surface area contributed by atoms with Gasteiger partial charge in [-0.1, -0.05) is 49.2 Å². The van der Waals surface area contributed by atoms with Gasteiger partial charge in [-0.15, -0.1) is 0 Å². The standard InChI is InChI=1S/C25H28BN2/c1-18-16-20-12-6-8-14-23(20)26(28(18)3)25-17-22(19-10-4-5-11-19)21-13-7-9-15-24(21)27(25)2/h6-9,12-17,19H,4-5,10-11H2,1-3H3/q+1/i1D3,19D. The van der Waals surface area contributed by atoms with E-state index < -0.39 is 12.7 Å². The lowest BCUT2D eigenvalue weighted by atomic mass is 9.48. The van der Waals surface area contributed by atoms with Crippen LogP contribution < -0.4 is 15.6 Å². The van der Waals surface area contributed by atoms with Crippen LogP contribution in [0.25, 0.3) is 17.0 Å². The fourth-order valence-corrected chi connectivity index (χ4v) is 4.93. The Labute approximate surface area is 174 Å². The predicted octanol–water partition coefficient (Wildman–Crippen LogP) is 3.73. The molecule has 2 nitrogen and oxygen atoms in total. The largest absolute Gasteiger partial charge is 0.408 e. The van der Waals surface area contributed by atoms with Gasteiger partial charge in [0.25, 0.3) is 0 Å². The van der Waals surface area contributed by atoms with Crippen molar-refractivity contribution in [3.05, 3.63) is 71.4 Å². The Morgan fingerprint density at radius 3 is 2.68 bits per heavy atom.